The van der Waals surface area contributed by atoms with Crippen molar-refractivity contribution in [1.82, 2.24) is 10.2 Å². The molecule has 0 spiro atoms. The summed E-state index contributed by atoms with van der Waals surface area (Å²) in [4.78, 5) is 2.62. The molecule has 3 aliphatic rings. The van der Waals surface area contributed by atoms with E-state index in [1.54, 1.807) is 0 Å². The summed E-state index contributed by atoms with van der Waals surface area (Å²) in [6, 6.07) is 7.18. The van der Waals surface area contributed by atoms with Gasteiger partial charge in [0.15, 0.2) is 16.6 Å². The average Bonchev–Trinajstić information content (AvgIpc) is 3.40. The molecule has 0 bridgehead atoms. The Morgan fingerprint density at radius 2 is 1.78 bits per heavy atom. The summed E-state index contributed by atoms with van der Waals surface area (Å²) in [6.45, 7) is 3.59. The van der Waals surface area contributed by atoms with Crippen LogP contribution in [0.1, 0.15) is 25.7 Å². The number of thiocarbonyl (C=S) groups is 1. The number of benzene rings is 1. The maximum absolute atomic E-state index is 5.60. The lowest BCUT2D eigenvalue weighted by Crippen LogP contribution is -2.46. The molecule has 2 aliphatic heterocycles. The molecule has 0 atom stereocenters. The summed E-state index contributed by atoms with van der Waals surface area (Å²) < 4.78 is 11.1. The molecule has 2 N–H and O–H groups in total. The second-order valence-corrected chi connectivity index (χ2v) is 6.91. The highest BCUT2D eigenvalue weighted by Crippen LogP contribution is 2.32. The fourth-order valence-corrected chi connectivity index (χ4v) is 3.61. The van der Waals surface area contributed by atoms with Crippen LogP contribution in [0.2, 0.25) is 0 Å². The number of hydrogen-bond donors (Lipinski definition) is 2. The number of nitrogens with one attached hydrogen (secondary N) is 2. The Hall–Kier alpha value is -1.53. The fourth-order valence-electron chi connectivity index (χ4n) is 3.32. The zero-order valence-electron chi connectivity index (χ0n) is 13.2. The van der Waals surface area contributed by atoms with Gasteiger partial charge in [-0.1, -0.05) is 0 Å². The van der Waals surface area contributed by atoms with Crippen molar-refractivity contribution in [2.45, 2.75) is 37.8 Å². The molecular formula is C17H23N3O2S. The Balaban J connectivity index is 1.28. The molecule has 0 unspecified atom stereocenters. The second-order valence-electron chi connectivity index (χ2n) is 6.50. The van der Waals surface area contributed by atoms with Gasteiger partial charge in [0.05, 0.1) is 0 Å². The molecule has 1 aromatic carbocycles. The molecule has 1 saturated carbocycles. The number of anilines is 1. The molecule has 0 aromatic heterocycles. The number of ether oxygens (including phenoxy) is 2. The van der Waals surface area contributed by atoms with Crippen LogP contribution in [0.3, 0.4) is 0 Å². The topological polar surface area (TPSA) is 45.8 Å². The van der Waals surface area contributed by atoms with Crippen LogP contribution in [0.5, 0.6) is 11.5 Å². The van der Waals surface area contributed by atoms with E-state index in [0.717, 1.165) is 23.2 Å². The molecule has 4 rings (SSSR count). The maximum Gasteiger partial charge on any atom is 0.170 e. The van der Waals surface area contributed by atoms with Gasteiger partial charge in [0, 0.05) is 36.9 Å². The van der Waals surface area contributed by atoms with Crippen LogP contribution >= 0.6 is 12.2 Å². The minimum absolute atomic E-state index is 0.474. The molecule has 124 valence electrons. The monoisotopic (exact) mass is 333 g/mol. The van der Waals surface area contributed by atoms with Gasteiger partial charge in [-0.15, -0.1) is 0 Å². The van der Waals surface area contributed by atoms with E-state index in [9.17, 15) is 0 Å². The van der Waals surface area contributed by atoms with E-state index >= 15 is 0 Å². The molecule has 6 heteroatoms. The first-order chi connectivity index (χ1) is 11.3. The molecule has 23 heavy (non-hydrogen) atoms. The predicted molar refractivity (Wildman–Crippen MR) is 94.4 cm³/mol. The SMILES string of the molecule is S=C(Nc1ccc2c(c1)OCCO2)NC1CCN(C2CC2)CC1. The smallest absolute Gasteiger partial charge is 0.170 e. The Labute approximate surface area is 142 Å². The third kappa shape index (κ3) is 3.70. The van der Waals surface area contributed by atoms with Crippen LogP contribution in [0, 0.1) is 0 Å². The van der Waals surface area contributed by atoms with Crippen LogP contribution in [0.25, 0.3) is 0 Å². The number of piperidine rings is 1. The first-order valence-electron chi connectivity index (χ1n) is 8.49. The van der Waals surface area contributed by atoms with E-state index in [-0.39, 0.29) is 0 Å². The molecule has 5 nitrogen and oxygen atoms in total. The lowest BCUT2D eigenvalue weighted by Gasteiger charge is -2.33. The van der Waals surface area contributed by atoms with Crippen molar-refractivity contribution in [1.29, 1.82) is 0 Å². The molecular weight excluding hydrogens is 310 g/mol. The quantitative estimate of drug-likeness (QED) is 0.828. The van der Waals surface area contributed by atoms with Gasteiger partial charge in [0.25, 0.3) is 0 Å². The van der Waals surface area contributed by atoms with E-state index in [1.165, 1.54) is 38.8 Å². The summed E-state index contributed by atoms with van der Waals surface area (Å²) in [5, 5.41) is 7.39. The average molecular weight is 333 g/mol. The molecule has 0 radical (unpaired) electrons. The summed E-state index contributed by atoms with van der Waals surface area (Å²) in [5.41, 5.74) is 0.933. The lowest BCUT2D eigenvalue weighted by molar-refractivity contribution is 0.171. The summed E-state index contributed by atoms with van der Waals surface area (Å²) in [5.74, 6) is 1.58. The number of rotatable bonds is 3. The highest BCUT2D eigenvalue weighted by Gasteiger charge is 2.31. The molecule has 1 aliphatic carbocycles. The van der Waals surface area contributed by atoms with Gasteiger partial charge in [0.2, 0.25) is 0 Å². The first kappa shape index (κ1) is 15.0. The standard InChI is InChI=1S/C17H23N3O2S/c23-17(18-12-5-7-20(8-6-12)14-2-3-14)19-13-1-4-15-16(11-13)22-10-9-21-15/h1,4,11-12,14H,2-3,5-10H2,(H2,18,19,23). The molecule has 2 heterocycles. The second kappa shape index (κ2) is 6.53. The van der Waals surface area contributed by atoms with E-state index in [0.29, 0.717) is 24.4 Å². The zero-order valence-corrected chi connectivity index (χ0v) is 14.0. The minimum Gasteiger partial charge on any atom is -0.486 e. The largest absolute Gasteiger partial charge is 0.486 e. The van der Waals surface area contributed by atoms with Gasteiger partial charge in [-0.3, -0.25) is 0 Å². The Bertz CT molecular complexity index is 583. The van der Waals surface area contributed by atoms with Gasteiger partial charge in [-0.25, -0.2) is 0 Å². The summed E-state index contributed by atoms with van der Waals surface area (Å²) in [7, 11) is 0. The normalized spacial score (nSPS) is 21.7. The van der Waals surface area contributed by atoms with Crippen molar-refractivity contribution >= 4 is 23.0 Å². The van der Waals surface area contributed by atoms with E-state index in [4.69, 9.17) is 21.7 Å². The van der Waals surface area contributed by atoms with Crippen molar-refractivity contribution in [3.63, 3.8) is 0 Å². The third-order valence-corrected chi connectivity index (χ3v) is 4.95. The van der Waals surface area contributed by atoms with E-state index in [2.05, 4.69) is 15.5 Å². The fraction of sp³-hybridized carbons (Fsp3) is 0.588. The summed E-state index contributed by atoms with van der Waals surface area (Å²) in [6.07, 6.45) is 5.11. The van der Waals surface area contributed by atoms with Crippen LogP contribution in [0.4, 0.5) is 5.69 Å². The van der Waals surface area contributed by atoms with E-state index < -0.39 is 0 Å². The zero-order chi connectivity index (χ0) is 15.6. The highest BCUT2D eigenvalue weighted by atomic mass is 32.1. The van der Waals surface area contributed by atoms with Gasteiger partial charge in [0.1, 0.15) is 13.2 Å². The third-order valence-electron chi connectivity index (χ3n) is 4.73. The van der Waals surface area contributed by atoms with Crippen molar-refractivity contribution in [3.05, 3.63) is 18.2 Å². The highest BCUT2D eigenvalue weighted by molar-refractivity contribution is 7.80. The molecule has 1 saturated heterocycles. The van der Waals surface area contributed by atoms with Crippen LogP contribution in [-0.2, 0) is 0 Å². The van der Waals surface area contributed by atoms with Gasteiger partial charge < -0.3 is 25.0 Å². The van der Waals surface area contributed by atoms with E-state index in [1.807, 2.05) is 18.2 Å². The van der Waals surface area contributed by atoms with Crippen molar-refractivity contribution in [3.8, 4) is 11.5 Å². The lowest BCUT2D eigenvalue weighted by atomic mass is 10.1. The van der Waals surface area contributed by atoms with Gasteiger partial charge >= 0.3 is 0 Å². The number of fused-ring (bicyclic) bond motifs is 1. The Kier molecular flexibility index (Phi) is 4.27. The van der Waals surface area contributed by atoms with Crippen molar-refractivity contribution in [2.75, 3.05) is 31.6 Å². The van der Waals surface area contributed by atoms with Crippen LogP contribution in [0.15, 0.2) is 18.2 Å². The molecule has 1 aromatic rings. The Morgan fingerprint density at radius 1 is 1.04 bits per heavy atom. The predicted octanol–water partition coefficient (Wildman–Crippen LogP) is 2.37. The number of likely N-dealkylation sites (tertiary alicyclic amines) is 1. The van der Waals surface area contributed by atoms with Crippen LogP contribution < -0.4 is 20.1 Å². The van der Waals surface area contributed by atoms with Crippen molar-refractivity contribution < 1.29 is 9.47 Å². The molecule has 2 fully saturated rings. The Morgan fingerprint density at radius 3 is 2.52 bits per heavy atom. The van der Waals surface area contributed by atoms with Crippen LogP contribution in [-0.4, -0.2) is 48.4 Å². The summed E-state index contributed by atoms with van der Waals surface area (Å²) >= 11 is 5.46. The van der Waals surface area contributed by atoms with Crippen molar-refractivity contribution in [2.24, 2.45) is 0 Å². The first-order valence-corrected chi connectivity index (χ1v) is 8.90. The number of hydrogen-bond acceptors (Lipinski definition) is 4. The molecule has 0 amide bonds. The van der Waals surface area contributed by atoms with Gasteiger partial charge in [-0.05, 0) is 50.0 Å². The van der Waals surface area contributed by atoms with Gasteiger partial charge in [-0.2, -0.15) is 0 Å². The number of nitrogens with zero attached hydrogens (tertiary/aromatic N) is 1. The minimum atomic E-state index is 0.474. The maximum atomic E-state index is 5.60.